The number of carbonyl (C=O) groups is 1. The lowest BCUT2D eigenvalue weighted by atomic mass is 10.1. The molecular formula is C12H12F2O2. The standard InChI is InChI=1S/C12H12F2O2/c1-8-4-3-5-11(16-12(13)14)10(8)7-6-9(2)15/h3-7,12H,1-2H3/b7-6+. The Kier molecular flexibility index (Phi) is 4.17. The molecule has 86 valence electrons. The van der Waals surface area contributed by atoms with Gasteiger partial charge in [-0.25, -0.2) is 0 Å². The van der Waals surface area contributed by atoms with Crippen molar-refractivity contribution in [2.45, 2.75) is 20.5 Å². The van der Waals surface area contributed by atoms with E-state index >= 15 is 0 Å². The summed E-state index contributed by atoms with van der Waals surface area (Å²) in [5.74, 6) is -0.0706. The first-order valence-electron chi connectivity index (χ1n) is 4.74. The Balaban J connectivity index is 3.08. The molecule has 0 spiro atoms. The van der Waals surface area contributed by atoms with Crippen molar-refractivity contribution in [3.8, 4) is 5.75 Å². The molecule has 0 atom stereocenters. The minimum Gasteiger partial charge on any atom is -0.434 e. The van der Waals surface area contributed by atoms with E-state index in [1.807, 2.05) is 0 Å². The summed E-state index contributed by atoms with van der Waals surface area (Å²) < 4.78 is 28.6. The molecule has 0 fully saturated rings. The van der Waals surface area contributed by atoms with Crippen molar-refractivity contribution < 1.29 is 18.3 Å². The van der Waals surface area contributed by atoms with E-state index in [1.165, 1.54) is 25.1 Å². The Morgan fingerprint density at radius 1 is 1.44 bits per heavy atom. The van der Waals surface area contributed by atoms with Gasteiger partial charge in [-0.15, -0.1) is 0 Å². The maximum Gasteiger partial charge on any atom is 0.387 e. The Morgan fingerprint density at radius 2 is 2.12 bits per heavy atom. The largest absolute Gasteiger partial charge is 0.434 e. The monoisotopic (exact) mass is 226 g/mol. The maximum atomic E-state index is 12.1. The number of halogens is 2. The summed E-state index contributed by atoms with van der Waals surface area (Å²) in [5, 5.41) is 0. The average Bonchev–Trinajstić information content (AvgIpc) is 2.15. The summed E-state index contributed by atoms with van der Waals surface area (Å²) in [4.78, 5) is 10.8. The highest BCUT2D eigenvalue weighted by Crippen LogP contribution is 2.25. The van der Waals surface area contributed by atoms with E-state index in [-0.39, 0.29) is 11.5 Å². The SMILES string of the molecule is CC(=O)/C=C/c1c(C)cccc1OC(F)F. The molecule has 0 radical (unpaired) electrons. The molecule has 1 aromatic carbocycles. The molecule has 4 heteroatoms. The van der Waals surface area contributed by atoms with E-state index in [1.54, 1.807) is 19.1 Å². The molecule has 0 amide bonds. The van der Waals surface area contributed by atoms with Crippen LogP contribution in [0.5, 0.6) is 5.75 Å². The van der Waals surface area contributed by atoms with Gasteiger partial charge in [-0.05, 0) is 37.6 Å². The zero-order valence-electron chi connectivity index (χ0n) is 9.04. The van der Waals surface area contributed by atoms with Crippen LogP contribution in [0.4, 0.5) is 8.78 Å². The van der Waals surface area contributed by atoms with Crippen molar-refractivity contribution in [2.24, 2.45) is 0 Å². The van der Waals surface area contributed by atoms with Crippen LogP contribution in [0, 0.1) is 6.92 Å². The number of carbonyl (C=O) groups excluding carboxylic acids is 1. The van der Waals surface area contributed by atoms with Gasteiger partial charge in [0.25, 0.3) is 0 Å². The third-order valence-electron chi connectivity index (χ3n) is 1.98. The van der Waals surface area contributed by atoms with Crippen molar-refractivity contribution in [1.82, 2.24) is 0 Å². The van der Waals surface area contributed by atoms with E-state index in [9.17, 15) is 13.6 Å². The lowest BCUT2D eigenvalue weighted by molar-refractivity contribution is -0.112. The molecule has 0 saturated carbocycles. The second kappa shape index (κ2) is 5.39. The molecule has 0 aliphatic heterocycles. The van der Waals surface area contributed by atoms with Crippen molar-refractivity contribution in [1.29, 1.82) is 0 Å². The normalized spacial score (nSPS) is 11.1. The van der Waals surface area contributed by atoms with Crippen LogP contribution in [-0.2, 0) is 4.79 Å². The lowest BCUT2D eigenvalue weighted by Gasteiger charge is -2.09. The molecule has 0 bridgehead atoms. The molecule has 0 unspecified atom stereocenters. The quantitative estimate of drug-likeness (QED) is 0.737. The predicted octanol–water partition coefficient (Wildman–Crippen LogP) is 3.20. The fraction of sp³-hybridized carbons (Fsp3) is 0.250. The number of aryl methyl sites for hydroxylation is 1. The van der Waals surface area contributed by atoms with Gasteiger partial charge in [-0.3, -0.25) is 4.79 Å². The Hall–Kier alpha value is -1.71. The number of benzene rings is 1. The minimum absolute atomic E-state index is 0.0764. The van der Waals surface area contributed by atoms with E-state index < -0.39 is 6.61 Å². The van der Waals surface area contributed by atoms with Gasteiger partial charge < -0.3 is 4.74 Å². The first-order valence-corrected chi connectivity index (χ1v) is 4.74. The van der Waals surface area contributed by atoms with Crippen LogP contribution in [0.3, 0.4) is 0 Å². The second-order valence-corrected chi connectivity index (χ2v) is 3.31. The molecule has 0 N–H and O–H groups in total. The molecule has 1 rings (SSSR count). The van der Waals surface area contributed by atoms with Crippen LogP contribution >= 0.6 is 0 Å². The fourth-order valence-electron chi connectivity index (χ4n) is 1.27. The first-order chi connectivity index (χ1) is 7.50. The van der Waals surface area contributed by atoms with Gasteiger partial charge in [0.1, 0.15) is 5.75 Å². The number of hydrogen-bond donors (Lipinski definition) is 0. The van der Waals surface area contributed by atoms with Gasteiger partial charge in [-0.1, -0.05) is 12.1 Å². The molecule has 16 heavy (non-hydrogen) atoms. The van der Waals surface area contributed by atoms with E-state index in [2.05, 4.69) is 4.74 Å². The predicted molar refractivity (Wildman–Crippen MR) is 57.5 cm³/mol. The van der Waals surface area contributed by atoms with Gasteiger partial charge in [-0.2, -0.15) is 8.78 Å². The van der Waals surface area contributed by atoms with Crippen molar-refractivity contribution in [3.63, 3.8) is 0 Å². The van der Waals surface area contributed by atoms with E-state index in [0.29, 0.717) is 5.56 Å². The molecule has 0 heterocycles. The summed E-state index contributed by atoms with van der Waals surface area (Å²) in [5.41, 5.74) is 1.27. The summed E-state index contributed by atoms with van der Waals surface area (Å²) in [6.45, 7) is 0.284. The lowest BCUT2D eigenvalue weighted by Crippen LogP contribution is -2.03. The summed E-state index contributed by atoms with van der Waals surface area (Å²) >= 11 is 0. The summed E-state index contributed by atoms with van der Waals surface area (Å²) in [6, 6.07) is 4.83. The highest BCUT2D eigenvalue weighted by Gasteiger charge is 2.09. The number of ether oxygens (including phenoxy) is 1. The number of hydrogen-bond acceptors (Lipinski definition) is 2. The van der Waals surface area contributed by atoms with Gasteiger partial charge >= 0.3 is 6.61 Å². The molecule has 0 aromatic heterocycles. The van der Waals surface area contributed by atoms with Gasteiger partial charge in [0.15, 0.2) is 5.78 Å². The Labute approximate surface area is 92.5 Å². The molecule has 0 saturated heterocycles. The first kappa shape index (κ1) is 12.4. The number of alkyl halides is 2. The molecule has 2 nitrogen and oxygen atoms in total. The van der Waals surface area contributed by atoms with Crippen molar-refractivity contribution in [3.05, 3.63) is 35.4 Å². The van der Waals surface area contributed by atoms with Crippen LogP contribution in [0.1, 0.15) is 18.1 Å². The third-order valence-corrected chi connectivity index (χ3v) is 1.98. The van der Waals surface area contributed by atoms with Crippen LogP contribution in [0.2, 0.25) is 0 Å². The molecule has 0 aliphatic carbocycles. The molecule has 1 aromatic rings. The zero-order valence-corrected chi connectivity index (χ0v) is 9.04. The smallest absolute Gasteiger partial charge is 0.387 e. The number of allylic oxidation sites excluding steroid dienone is 1. The highest BCUT2D eigenvalue weighted by atomic mass is 19.3. The van der Waals surface area contributed by atoms with Crippen molar-refractivity contribution in [2.75, 3.05) is 0 Å². The maximum absolute atomic E-state index is 12.1. The molecular weight excluding hydrogens is 214 g/mol. The highest BCUT2D eigenvalue weighted by molar-refractivity contribution is 5.92. The summed E-state index contributed by atoms with van der Waals surface area (Å²) in [7, 11) is 0. The summed E-state index contributed by atoms with van der Waals surface area (Å²) in [6.07, 6.45) is 2.80. The van der Waals surface area contributed by atoms with Gasteiger partial charge in [0, 0.05) is 5.56 Å². The van der Waals surface area contributed by atoms with Crippen LogP contribution in [-0.4, -0.2) is 12.4 Å². The van der Waals surface area contributed by atoms with E-state index in [0.717, 1.165) is 5.56 Å². The average molecular weight is 226 g/mol. The third kappa shape index (κ3) is 3.46. The number of ketones is 1. The van der Waals surface area contributed by atoms with Crippen LogP contribution in [0.25, 0.3) is 6.08 Å². The zero-order chi connectivity index (χ0) is 12.1. The molecule has 0 aliphatic rings. The van der Waals surface area contributed by atoms with Crippen molar-refractivity contribution >= 4 is 11.9 Å². The minimum atomic E-state index is -2.87. The fourth-order valence-corrected chi connectivity index (χ4v) is 1.27. The topological polar surface area (TPSA) is 26.3 Å². The Morgan fingerprint density at radius 3 is 2.69 bits per heavy atom. The van der Waals surface area contributed by atoms with Crippen LogP contribution in [0.15, 0.2) is 24.3 Å². The van der Waals surface area contributed by atoms with Crippen LogP contribution < -0.4 is 4.74 Å². The van der Waals surface area contributed by atoms with Gasteiger partial charge in [0.05, 0.1) is 0 Å². The van der Waals surface area contributed by atoms with Gasteiger partial charge in [0.2, 0.25) is 0 Å². The second-order valence-electron chi connectivity index (χ2n) is 3.31. The Bertz CT molecular complexity index is 411. The van der Waals surface area contributed by atoms with E-state index in [4.69, 9.17) is 0 Å². The number of rotatable bonds is 4.